The number of aliphatic hydroxyl groups excluding tert-OH is 1. The summed E-state index contributed by atoms with van der Waals surface area (Å²) in [6.45, 7) is 0.792. The molecule has 3 N–H and O–H groups in total. The summed E-state index contributed by atoms with van der Waals surface area (Å²) in [5, 5.41) is 24.8. The Balaban J connectivity index is 1.32. The van der Waals surface area contributed by atoms with Crippen molar-refractivity contribution in [3.05, 3.63) is 131 Å². The number of hydrogen-bond donors (Lipinski definition) is 3. The van der Waals surface area contributed by atoms with Crippen LogP contribution < -0.4 is 10.1 Å². The van der Waals surface area contributed by atoms with Crippen LogP contribution in [0.25, 0.3) is 0 Å². The van der Waals surface area contributed by atoms with Gasteiger partial charge in [0, 0.05) is 29.9 Å². The van der Waals surface area contributed by atoms with Crippen molar-refractivity contribution in [1.82, 2.24) is 9.80 Å². The minimum atomic E-state index is -1.69. The summed E-state index contributed by atoms with van der Waals surface area (Å²) in [4.78, 5) is 50.9. The van der Waals surface area contributed by atoms with E-state index in [9.17, 15) is 10.2 Å². The van der Waals surface area contributed by atoms with Gasteiger partial charge in [-0.15, -0.1) is 0 Å². The van der Waals surface area contributed by atoms with Crippen molar-refractivity contribution in [3.8, 4) is 17.6 Å². The van der Waals surface area contributed by atoms with Crippen LogP contribution in [0, 0.1) is 17.8 Å². The van der Waals surface area contributed by atoms with Crippen LogP contribution in [0.5, 0.6) is 5.75 Å². The summed E-state index contributed by atoms with van der Waals surface area (Å²) in [6.07, 6.45) is 9.02. The van der Waals surface area contributed by atoms with Crippen LogP contribution in [-0.4, -0.2) is 75.7 Å². The average molecular weight is 822 g/mol. The van der Waals surface area contributed by atoms with Gasteiger partial charge < -0.3 is 29.9 Å². The third-order valence-electron chi connectivity index (χ3n) is 13.7. The van der Waals surface area contributed by atoms with E-state index < -0.39 is 53.0 Å². The van der Waals surface area contributed by atoms with E-state index in [2.05, 4.69) is 22.1 Å². The molecule has 4 aromatic carbocycles. The molecular formula is C51H55N3O7. The molecule has 61 heavy (non-hydrogen) atoms. The highest BCUT2D eigenvalue weighted by Gasteiger charge is 2.74. The predicted octanol–water partition coefficient (Wildman–Crippen LogP) is 7.56. The minimum Gasteiger partial charge on any atom is -0.491 e. The van der Waals surface area contributed by atoms with Gasteiger partial charge in [-0.3, -0.25) is 19.3 Å². The number of esters is 1. The van der Waals surface area contributed by atoms with Gasteiger partial charge in [0.1, 0.15) is 35.5 Å². The van der Waals surface area contributed by atoms with Crippen LogP contribution in [0.3, 0.4) is 0 Å². The third-order valence-corrected chi connectivity index (χ3v) is 13.7. The maximum Gasteiger partial charge on any atom is 0.324 e. The van der Waals surface area contributed by atoms with Gasteiger partial charge in [0.05, 0.1) is 24.6 Å². The highest BCUT2D eigenvalue weighted by molar-refractivity contribution is 6.12. The van der Waals surface area contributed by atoms with Crippen molar-refractivity contribution in [3.63, 3.8) is 0 Å². The maximum absolute atomic E-state index is 15.9. The van der Waals surface area contributed by atoms with E-state index in [0.717, 1.165) is 68.9 Å². The largest absolute Gasteiger partial charge is 0.491 e. The number of hydrogen-bond acceptors (Lipinski definition) is 8. The third kappa shape index (κ3) is 7.51. The fourth-order valence-electron chi connectivity index (χ4n) is 10.9. The first-order chi connectivity index (χ1) is 29.8. The van der Waals surface area contributed by atoms with Gasteiger partial charge in [0.2, 0.25) is 11.8 Å². The molecule has 4 fully saturated rings. The lowest BCUT2D eigenvalue weighted by Gasteiger charge is -2.46. The van der Waals surface area contributed by atoms with Crippen molar-refractivity contribution in [2.75, 3.05) is 31.6 Å². The number of carbonyl (C=O) groups is 3. The number of para-hydroxylation sites is 1. The number of nitrogens with zero attached hydrogens (tertiary/aromatic N) is 2. The zero-order chi connectivity index (χ0) is 42.0. The summed E-state index contributed by atoms with van der Waals surface area (Å²) < 4.78 is 12.9. The van der Waals surface area contributed by atoms with Gasteiger partial charge in [-0.25, -0.2) is 0 Å². The number of benzene rings is 4. The molecule has 0 aromatic heterocycles. The average Bonchev–Trinajstić information content (AvgIpc) is 3.63. The number of fused-ring (bicyclic) bond motifs is 3. The Hall–Kier alpha value is -5.47. The van der Waals surface area contributed by atoms with E-state index in [1.165, 1.54) is 0 Å². The summed E-state index contributed by atoms with van der Waals surface area (Å²) in [7, 11) is 0. The Morgan fingerprint density at radius 1 is 0.787 bits per heavy atom. The molecule has 1 aliphatic carbocycles. The number of nitrogens with one attached hydrogen (secondary N) is 1. The summed E-state index contributed by atoms with van der Waals surface area (Å²) in [5.74, 6) is 4.50. The van der Waals surface area contributed by atoms with Crippen molar-refractivity contribution < 1.29 is 34.1 Å². The number of rotatable bonds is 7. The highest BCUT2D eigenvalue weighted by atomic mass is 16.6. The Morgan fingerprint density at radius 3 is 2.13 bits per heavy atom. The number of likely N-dealkylation sites (tertiary alicyclic amines) is 1. The molecule has 0 radical (unpaired) electrons. The molecule has 10 nitrogen and oxygen atoms in total. The molecule has 6 atom stereocenters. The summed E-state index contributed by atoms with van der Waals surface area (Å²) >= 11 is 0. The Bertz CT molecular complexity index is 2290. The quantitative estimate of drug-likeness (QED) is 0.0991. The monoisotopic (exact) mass is 821 g/mol. The van der Waals surface area contributed by atoms with Gasteiger partial charge in [-0.05, 0) is 79.5 Å². The lowest BCUT2D eigenvalue weighted by Crippen LogP contribution is -2.55. The summed E-state index contributed by atoms with van der Waals surface area (Å²) in [6, 6.07) is 29.8. The number of carbonyl (C=O) groups excluding carboxylic acids is 3. The smallest absolute Gasteiger partial charge is 0.324 e. The molecule has 2 amide bonds. The van der Waals surface area contributed by atoms with Gasteiger partial charge in [0.15, 0.2) is 0 Å². The molecule has 4 heterocycles. The predicted molar refractivity (Wildman–Crippen MR) is 231 cm³/mol. The van der Waals surface area contributed by atoms with E-state index in [-0.39, 0.29) is 19.1 Å². The van der Waals surface area contributed by atoms with E-state index in [4.69, 9.17) is 9.47 Å². The molecule has 0 bridgehead atoms. The number of amides is 2. The van der Waals surface area contributed by atoms with Crippen LogP contribution in [0.2, 0.25) is 0 Å². The van der Waals surface area contributed by atoms with Crippen LogP contribution in [0.4, 0.5) is 5.69 Å². The number of cyclic esters (lactones) is 1. The molecule has 4 aromatic rings. The van der Waals surface area contributed by atoms with Crippen LogP contribution >= 0.6 is 0 Å². The van der Waals surface area contributed by atoms with Gasteiger partial charge in [0.25, 0.3) is 0 Å². The lowest BCUT2D eigenvalue weighted by atomic mass is 9.64. The van der Waals surface area contributed by atoms with Crippen molar-refractivity contribution >= 4 is 23.5 Å². The van der Waals surface area contributed by atoms with E-state index >= 15 is 14.4 Å². The van der Waals surface area contributed by atoms with E-state index in [0.29, 0.717) is 54.1 Å². The Labute approximate surface area is 358 Å². The summed E-state index contributed by atoms with van der Waals surface area (Å²) in [5.41, 5.74) is 1.14. The maximum atomic E-state index is 15.9. The van der Waals surface area contributed by atoms with Gasteiger partial charge in [-0.2, -0.15) is 0 Å². The molecule has 1 spiro atoms. The Kier molecular flexibility index (Phi) is 11.7. The number of anilines is 1. The van der Waals surface area contributed by atoms with Crippen molar-refractivity contribution in [2.24, 2.45) is 5.92 Å². The second-order valence-corrected chi connectivity index (χ2v) is 17.4. The standard InChI is InChI=1S/C51H55N3O7/c55-32-33-60-41-23-13-12-22-38(41)46-51(39-34-35(24-25-40(39)52-49(51)58)26-29-50(59)27-14-2-3-15-28-50)42(47(56)53-30-16-4-1-5-17-31-53)44-48(57)61-45(37-20-10-7-11-21-37)43(54(44)46)36-18-8-6-9-19-36/h6-13,18-25,34,42-46,55,59H,1-5,14-17,27-28,30-33H2,(H,52,58)/t42-,43-,44-,45+,46+,51-/m0/s1. The molecule has 4 aliphatic heterocycles. The molecule has 9 rings (SSSR count). The second kappa shape index (κ2) is 17.5. The van der Waals surface area contributed by atoms with Crippen LogP contribution in [0.1, 0.15) is 117 Å². The number of aliphatic hydroxyl groups is 2. The zero-order valence-electron chi connectivity index (χ0n) is 34.6. The fraction of sp³-hybridized carbons (Fsp3) is 0.431. The minimum absolute atomic E-state index is 0.00146. The molecule has 5 aliphatic rings. The molecule has 10 heteroatoms. The SMILES string of the molecule is O=C1O[C@H](c2ccccc2)[C@H](c2ccccc2)N2[C@H]1[C@@H](C(=O)N1CCCCCCC1)[C@]1(C(=O)Nc3ccc(C#CC4(O)CCCCCC4)cc31)[C@H]2c1ccccc1OCCO. The molecule has 3 saturated heterocycles. The number of ether oxygens (including phenoxy) is 2. The first kappa shape index (κ1) is 40.9. The lowest BCUT2D eigenvalue weighted by molar-refractivity contribution is -0.179. The van der Waals surface area contributed by atoms with Crippen LogP contribution in [0.15, 0.2) is 103 Å². The first-order valence-electron chi connectivity index (χ1n) is 22.2. The normalized spacial score (nSPS) is 27.3. The molecule has 316 valence electrons. The topological polar surface area (TPSA) is 129 Å². The molecule has 1 saturated carbocycles. The number of morpholine rings is 1. The van der Waals surface area contributed by atoms with Crippen molar-refractivity contribution in [2.45, 2.75) is 106 Å². The zero-order valence-corrected chi connectivity index (χ0v) is 34.6. The molecule has 0 unspecified atom stereocenters. The van der Waals surface area contributed by atoms with Crippen LogP contribution in [-0.2, 0) is 24.5 Å². The second-order valence-electron chi connectivity index (χ2n) is 17.4. The highest BCUT2D eigenvalue weighted by Crippen LogP contribution is 2.66. The fourth-order valence-corrected chi connectivity index (χ4v) is 10.9. The van der Waals surface area contributed by atoms with E-state index in [1.54, 1.807) is 0 Å². The van der Waals surface area contributed by atoms with Gasteiger partial charge in [-0.1, -0.05) is 123 Å². The van der Waals surface area contributed by atoms with Gasteiger partial charge >= 0.3 is 5.97 Å². The van der Waals surface area contributed by atoms with Crippen molar-refractivity contribution in [1.29, 1.82) is 0 Å². The Morgan fingerprint density at radius 2 is 1.43 bits per heavy atom. The molecular weight excluding hydrogens is 767 g/mol. The van der Waals surface area contributed by atoms with E-state index in [1.807, 2.05) is 108 Å². The first-order valence-corrected chi connectivity index (χ1v) is 22.2.